The fourth-order valence-corrected chi connectivity index (χ4v) is 1.68. The largest absolute Gasteiger partial charge is 0.364 e. The second kappa shape index (κ2) is 6.64. The van der Waals surface area contributed by atoms with Crippen molar-refractivity contribution in [2.24, 2.45) is 0 Å². The maximum Gasteiger partial charge on any atom is 0.108 e. The van der Waals surface area contributed by atoms with Gasteiger partial charge >= 0.3 is 0 Å². The third kappa shape index (κ3) is 4.08. The van der Waals surface area contributed by atoms with Crippen LogP contribution >= 0.6 is 0 Å². The van der Waals surface area contributed by atoms with Crippen molar-refractivity contribution in [1.82, 2.24) is 0 Å². The Morgan fingerprint density at radius 1 is 1.00 bits per heavy atom. The number of aryl methyl sites for hydroxylation is 1. The summed E-state index contributed by atoms with van der Waals surface area (Å²) in [6.07, 6.45) is 0. The lowest BCUT2D eigenvalue weighted by Gasteiger charge is -2.01. The third-order valence-electron chi connectivity index (χ3n) is 2.53. The van der Waals surface area contributed by atoms with Gasteiger partial charge in [0.2, 0.25) is 0 Å². The normalized spacial score (nSPS) is 9.61. The average molecular weight is 236 g/mol. The van der Waals surface area contributed by atoms with E-state index >= 15 is 0 Å². The molecule has 2 aromatic carbocycles. The van der Waals surface area contributed by atoms with Crippen molar-refractivity contribution in [3.8, 4) is 11.8 Å². The second-order valence-electron chi connectivity index (χ2n) is 4.15. The lowest BCUT2D eigenvalue weighted by Crippen LogP contribution is -1.93. The molecule has 0 radical (unpaired) electrons. The van der Waals surface area contributed by atoms with Crippen LogP contribution in [-0.4, -0.2) is 6.61 Å². The quantitative estimate of drug-likeness (QED) is 0.585. The predicted octanol–water partition coefficient (Wildman–Crippen LogP) is 3.56. The summed E-state index contributed by atoms with van der Waals surface area (Å²) in [5.74, 6) is 6.08. The van der Waals surface area contributed by atoms with E-state index in [1.807, 2.05) is 36.4 Å². The van der Waals surface area contributed by atoms with Gasteiger partial charge in [-0.15, -0.1) is 0 Å². The Morgan fingerprint density at radius 2 is 1.83 bits per heavy atom. The lowest BCUT2D eigenvalue weighted by molar-refractivity contribution is 0.153. The number of benzene rings is 2. The highest BCUT2D eigenvalue weighted by Crippen LogP contribution is 2.04. The Bertz CT molecular complexity index is 547. The molecular formula is C17H16O. The maximum atomic E-state index is 5.52. The molecule has 0 aliphatic heterocycles. The molecule has 0 unspecified atom stereocenters. The van der Waals surface area contributed by atoms with E-state index in [1.54, 1.807) is 0 Å². The van der Waals surface area contributed by atoms with Crippen LogP contribution < -0.4 is 0 Å². The average Bonchev–Trinajstić information content (AvgIpc) is 2.40. The molecule has 0 aliphatic rings. The minimum absolute atomic E-state index is 0.461. The van der Waals surface area contributed by atoms with E-state index in [9.17, 15) is 0 Å². The first-order valence-electron chi connectivity index (χ1n) is 6.02. The Morgan fingerprint density at radius 3 is 2.61 bits per heavy atom. The fourth-order valence-electron chi connectivity index (χ4n) is 1.68. The molecule has 1 heteroatoms. The molecule has 0 fully saturated rings. The van der Waals surface area contributed by atoms with Crippen LogP contribution in [0.25, 0.3) is 0 Å². The zero-order valence-electron chi connectivity index (χ0n) is 10.5. The standard InChI is InChI=1S/C17H16O/c1-15-7-5-10-17(13-15)14-18-12-6-11-16-8-3-2-4-9-16/h2-5,7-10,13H,12,14H2,1H3. The monoisotopic (exact) mass is 236 g/mol. The third-order valence-corrected chi connectivity index (χ3v) is 2.53. The predicted molar refractivity (Wildman–Crippen MR) is 74.2 cm³/mol. The van der Waals surface area contributed by atoms with E-state index < -0.39 is 0 Å². The van der Waals surface area contributed by atoms with Crippen molar-refractivity contribution >= 4 is 0 Å². The van der Waals surface area contributed by atoms with Crippen LogP contribution in [0, 0.1) is 18.8 Å². The number of rotatable bonds is 3. The summed E-state index contributed by atoms with van der Waals surface area (Å²) in [4.78, 5) is 0. The van der Waals surface area contributed by atoms with Gasteiger partial charge in [-0.3, -0.25) is 0 Å². The van der Waals surface area contributed by atoms with Crippen molar-refractivity contribution in [2.45, 2.75) is 13.5 Å². The Balaban J connectivity index is 1.78. The summed E-state index contributed by atoms with van der Waals surface area (Å²) in [7, 11) is 0. The summed E-state index contributed by atoms with van der Waals surface area (Å²) < 4.78 is 5.52. The number of ether oxygens (including phenoxy) is 1. The first-order chi connectivity index (χ1) is 8.84. The molecule has 0 amide bonds. The molecule has 0 saturated heterocycles. The van der Waals surface area contributed by atoms with Gasteiger partial charge in [-0.25, -0.2) is 0 Å². The fraction of sp³-hybridized carbons (Fsp3) is 0.176. The van der Waals surface area contributed by atoms with Crippen molar-refractivity contribution in [2.75, 3.05) is 6.61 Å². The molecule has 0 aromatic heterocycles. The van der Waals surface area contributed by atoms with Crippen LogP contribution in [0.5, 0.6) is 0 Å². The lowest BCUT2D eigenvalue weighted by atomic mass is 10.1. The first-order valence-corrected chi connectivity index (χ1v) is 6.02. The van der Waals surface area contributed by atoms with E-state index in [0.717, 1.165) is 5.56 Å². The SMILES string of the molecule is Cc1cccc(COCC#Cc2ccccc2)c1. The summed E-state index contributed by atoms with van der Waals surface area (Å²) in [5, 5.41) is 0. The van der Waals surface area contributed by atoms with Gasteiger partial charge in [-0.1, -0.05) is 59.9 Å². The van der Waals surface area contributed by atoms with Crippen LogP contribution in [0.1, 0.15) is 16.7 Å². The number of hydrogen-bond acceptors (Lipinski definition) is 1. The van der Waals surface area contributed by atoms with Crippen LogP contribution in [0.15, 0.2) is 54.6 Å². The molecule has 0 bridgehead atoms. The smallest absolute Gasteiger partial charge is 0.108 e. The second-order valence-corrected chi connectivity index (χ2v) is 4.15. The van der Waals surface area contributed by atoms with Gasteiger partial charge in [0, 0.05) is 5.56 Å². The highest BCUT2D eigenvalue weighted by molar-refractivity contribution is 5.33. The molecule has 1 nitrogen and oxygen atoms in total. The van der Waals surface area contributed by atoms with E-state index in [-0.39, 0.29) is 0 Å². The molecule has 2 rings (SSSR count). The summed E-state index contributed by atoms with van der Waals surface area (Å²) in [6, 6.07) is 18.3. The summed E-state index contributed by atoms with van der Waals surface area (Å²) in [6.45, 7) is 3.16. The topological polar surface area (TPSA) is 9.23 Å². The molecule has 2 aromatic rings. The van der Waals surface area contributed by atoms with Crippen LogP contribution in [-0.2, 0) is 11.3 Å². The van der Waals surface area contributed by atoms with Crippen molar-refractivity contribution in [3.05, 3.63) is 71.3 Å². The molecule has 0 N–H and O–H groups in total. The Labute approximate surface area is 108 Å². The van der Waals surface area contributed by atoms with Crippen LogP contribution in [0.4, 0.5) is 0 Å². The molecule has 90 valence electrons. The minimum atomic E-state index is 0.461. The highest BCUT2D eigenvalue weighted by atomic mass is 16.5. The van der Waals surface area contributed by atoms with Crippen LogP contribution in [0.3, 0.4) is 0 Å². The first kappa shape index (κ1) is 12.4. The van der Waals surface area contributed by atoms with E-state index in [4.69, 9.17) is 4.74 Å². The zero-order valence-corrected chi connectivity index (χ0v) is 10.5. The molecule has 0 saturated carbocycles. The zero-order chi connectivity index (χ0) is 12.6. The Hall–Kier alpha value is -2.04. The van der Waals surface area contributed by atoms with Crippen molar-refractivity contribution < 1.29 is 4.74 Å². The Kier molecular flexibility index (Phi) is 4.58. The molecule has 0 atom stereocenters. The van der Waals surface area contributed by atoms with Crippen molar-refractivity contribution in [3.63, 3.8) is 0 Å². The molecule has 18 heavy (non-hydrogen) atoms. The van der Waals surface area contributed by atoms with Gasteiger partial charge in [0.05, 0.1) is 6.61 Å². The van der Waals surface area contributed by atoms with Gasteiger partial charge in [0.25, 0.3) is 0 Å². The van der Waals surface area contributed by atoms with Crippen molar-refractivity contribution in [1.29, 1.82) is 0 Å². The highest BCUT2D eigenvalue weighted by Gasteiger charge is 1.92. The minimum Gasteiger partial charge on any atom is -0.364 e. The molecule has 0 spiro atoms. The van der Waals surface area contributed by atoms with E-state index in [1.165, 1.54) is 11.1 Å². The van der Waals surface area contributed by atoms with Gasteiger partial charge in [0.15, 0.2) is 0 Å². The van der Waals surface area contributed by atoms with Gasteiger partial charge < -0.3 is 4.74 Å². The van der Waals surface area contributed by atoms with Gasteiger partial charge in [-0.2, -0.15) is 0 Å². The molecule has 0 aliphatic carbocycles. The van der Waals surface area contributed by atoms with E-state index in [2.05, 4.69) is 37.0 Å². The molecular weight excluding hydrogens is 220 g/mol. The maximum absolute atomic E-state index is 5.52. The van der Waals surface area contributed by atoms with Crippen LogP contribution in [0.2, 0.25) is 0 Å². The summed E-state index contributed by atoms with van der Waals surface area (Å²) >= 11 is 0. The van der Waals surface area contributed by atoms with E-state index in [0.29, 0.717) is 13.2 Å². The number of hydrogen-bond donors (Lipinski definition) is 0. The van der Waals surface area contributed by atoms with Gasteiger partial charge in [-0.05, 0) is 24.6 Å². The van der Waals surface area contributed by atoms with Gasteiger partial charge in [0.1, 0.15) is 6.61 Å². The molecule has 0 heterocycles. The summed E-state index contributed by atoms with van der Waals surface area (Å²) in [5.41, 5.74) is 3.47.